The second-order valence-corrected chi connectivity index (χ2v) is 6.12. The van der Waals surface area contributed by atoms with E-state index >= 15 is 0 Å². The van der Waals surface area contributed by atoms with Crippen molar-refractivity contribution >= 4 is 51.8 Å². The molecule has 0 radical (unpaired) electrons. The van der Waals surface area contributed by atoms with Gasteiger partial charge in [-0.05, 0) is 36.2 Å². The van der Waals surface area contributed by atoms with Crippen LogP contribution in [-0.2, 0) is 0 Å². The first-order valence-corrected chi connectivity index (χ1v) is 6.45. The lowest BCUT2D eigenvalue weighted by Gasteiger charge is -2.07. The van der Waals surface area contributed by atoms with Crippen molar-refractivity contribution in [1.29, 1.82) is 0 Å². The second-order valence-electron chi connectivity index (χ2n) is 3.43. The van der Waals surface area contributed by atoms with Gasteiger partial charge in [0.1, 0.15) is 4.34 Å². The Kier molecular flexibility index (Phi) is 3.36. The highest BCUT2D eigenvalue weighted by Crippen LogP contribution is 2.41. The molecule has 0 bridgehead atoms. The summed E-state index contributed by atoms with van der Waals surface area (Å²) in [7, 11) is 0. The number of aryl methyl sites for hydroxylation is 1. The van der Waals surface area contributed by atoms with Crippen LogP contribution in [-0.4, -0.2) is 0 Å². The largest absolute Gasteiger partial charge is 0.398 e. The van der Waals surface area contributed by atoms with E-state index in [2.05, 4.69) is 0 Å². The zero-order valence-corrected chi connectivity index (χ0v) is 11.4. The lowest BCUT2D eigenvalue weighted by atomic mass is 10.0. The number of rotatable bonds is 1. The Labute approximate surface area is 113 Å². The molecule has 0 amide bonds. The predicted octanol–water partition coefficient (Wildman–Crippen LogP) is 5.27. The summed E-state index contributed by atoms with van der Waals surface area (Å²) in [5, 5.41) is 0.527. The maximum absolute atomic E-state index is 6.10. The number of halogens is 3. The van der Waals surface area contributed by atoms with Gasteiger partial charge < -0.3 is 5.73 Å². The van der Waals surface area contributed by atoms with Gasteiger partial charge in [0.2, 0.25) is 0 Å². The fourth-order valence-electron chi connectivity index (χ4n) is 1.52. The molecule has 84 valence electrons. The zero-order valence-electron chi connectivity index (χ0n) is 8.35. The maximum atomic E-state index is 6.10. The Morgan fingerprint density at radius 1 is 1.06 bits per heavy atom. The smallest absolute Gasteiger partial charge is 0.102 e. The van der Waals surface area contributed by atoms with Gasteiger partial charge in [-0.25, -0.2) is 0 Å². The molecule has 5 heteroatoms. The number of nitrogen functional groups attached to an aromatic ring is 1. The molecule has 0 aliphatic rings. The van der Waals surface area contributed by atoms with Crippen LogP contribution >= 0.6 is 46.1 Å². The average Bonchev–Trinajstić information content (AvgIpc) is 2.51. The van der Waals surface area contributed by atoms with E-state index in [4.69, 9.17) is 40.5 Å². The molecule has 1 aromatic carbocycles. The van der Waals surface area contributed by atoms with Crippen LogP contribution < -0.4 is 5.73 Å². The minimum Gasteiger partial charge on any atom is -0.398 e. The van der Waals surface area contributed by atoms with E-state index in [1.54, 1.807) is 0 Å². The van der Waals surface area contributed by atoms with E-state index in [1.807, 2.05) is 25.1 Å². The fraction of sp³-hybridized carbons (Fsp3) is 0.0909. The Balaban J connectivity index is 2.64. The Morgan fingerprint density at radius 3 is 2.31 bits per heavy atom. The number of hydrogen-bond donors (Lipinski definition) is 1. The molecule has 2 aromatic rings. The lowest BCUT2D eigenvalue weighted by Crippen LogP contribution is -1.90. The first-order valence-electron chi connectivity index (χ1n) is 4.50. The third kappa shape index (κ3) is 2.16. The molecule has 2 N–H and O–H groups in total. The van der Waals surface area contributed by atoms with Crippen LogP contribution in [0.3, 0.4) is 0 Å². The van der Waals surface area contributed by atoms with Crippen LogP contribution in [0.2, 0.25) is 13.7 Å². The van der Waals surface area contributed by atoms with Gasteiger partial charge in [0.15, 0.2) is 0 Å². The fourth-order valence-corrected chi connectivity index (χ4v) is 3.17. The van der Waals surface area contributed by atoms with Crippen molar-refractivity contribution in [2.75, 3.05) is 5.73 Å². The van der Waals surface area contributed by atoms with E-state index in [0.717, 1.165) is 16.7 Å². The zero-order chi connectivity index (χ0) is 11.9. The Hall–Kier alpha value is -0.410. The molecule has 0 aliphatic heterocycles. The predicted molar refractivity (Wildman–Crippen MR) is 73.9 cm³/mol. The number of anilines is 1. The van der Waals surface area contributed by atoms with Crippen LogP contribution in [0.5, 0.6) is 0 Å². The van der Waals surface area contributed by atoms with Gasteiger partial charge in [0.05, 0.1) is 15.0 Å². The van der Waals surface area contributed by atoms with Crippen LogP contribution in [0.25, 0.3) is 11.1 Å². The summed E-state index contributed by atoms with van der Waals surface area (Å²) in [6.45, 7) is 1.96. The molecular weight excluding hydrogens is 285 g/mol. The van der Waals surface area contributed by atoms with Gasteiger partial charge in [0, 0.05) is 5.56 Å². The third-order valence-corrected chi connectivity index (χ3v) is 4.11. The molecule has 0 atom stereocenters. The maximum Gasteiger partial charge on any atom is 0.102 e. The summed E-state index contributed by atoms with van der Waals surface area (Å²) in [5.41, 5.74) is 9.18. The standard InChI is InChI=1S/C11H8Cl3NS/c1-5-2-9(15)8(12)3-6(5)7-4-10(13)16-11(7)14/h2-4H,15H2,1H3. The van der Waals surface area contributed by atoms with Crippen molar-refractivity contribution in [1.82, 2.24) is 0 Å². The Bertz CT molecular complexity index is 548. The molecule has 1 aromatic heterocycles. The van der Waals surface area contributed by atoms with Crippen molar-refractivity contribution in [2.45, 2.75) is 6.92 Å². The number of thiophene rings is 1. The molecule has 0 saturated heterocycles. The van der Waals surface area contributed by atoms with Crippen molar-refractivity contribution in [2.24, 2.45) is 0 Å². The first-order chi connectivity index (χ1) is 7.49. The number of benzene rings is 1. The molecular formula is C11H8Cl3NS. The summed E-state index contributed by atoms with van der Waals surface area (Å²) in [6.07, 6.45) is 0. The monoisotopic (exact) mass is 291 g/mol. The van der Waals surface area contributed by atoms with Crippen molar-refractivity contribution in [3.8, 4) is 11.1 Å². The van der Waals surface area contributed by atoms with Crippen LogP contribution in [0, 0.1) is 6.92 Å². The van der Waals surface area contributed by atoms with E-state index in [1.165, 1.54) is 11.3 Å². The molecule has 1 heterocycles. The molecule has 0 unspecified atom stereocenters. The average molecular weight is 293 g/mol. The highest BCUT2D eigenvalue weighted by atomic mass is 35.5. The molecule has 0 fully saturated rings. The molecule has 0 saturated carbocycles. The van der Waals surface area contributed by atoms with Crippen LogP contribution in [0.15, 0.2) is 18.2 Å². The minimum atomic E-state index is 0.527. The summed E-state index contributed by atoms with van der Waals surface area (Å²) in [6, 6.07) is 5.49. The number of hydrogen-bond acceptors (Lipinski definition) is 2. The summed E-state index contributed by atoms with van der Waals surface area (Å²) < 4.78 is 1.32. The van der Waals surface area contributed by atoms with E-state index in [-0.39, 0.29) is 0 Å². The van der Waals surface area contributed by atoms with E-state index < -0.39 is 0 Å². The molecule has 16 heavy (non-hydrogen) atoms. The minimum absolute atomic E-state index is 0.527. The molecule has 1 nitrogen and oxygen atoms in total. The van der Waals surface area contributed by atoms with E-state index in [0.29, 0.717) is 19.4 Å². The van der Waals surface area contributed by atoms with Gasteiger partial charge in [0.25, 0.3) is 0 Å². The lowest BCUT2D eigenvalue weighted by molar-refractivity contribution is 1.47. The second kappa shape index (κ2) is 4.46. The highest BCUT2D eigenvalue weighted by Gasteiger charge is 2.12. The van der Waals surface area contributed by atoms with Crippen molar-refractivity contribution in [3.05, 3.63) is 37.5 Å². The molecule has 0 aliphatic carbocycles. The highest BCUT2D eigenvalue weighted by molar-refractivity contribution is 7.20. The van der Waals surface area contributed by atoms with Crippen molar-refractivity contribution in [3.63, 3.8) is 0 Å². The Morgan fingerprint density at radius 2 is 1.75 bits per heavy atom. The SMILES string of the molecule is Cc1cc(N)c(Cl)cc1-c1cc(Cl)sc1Cl. The number of nitrogens with two attached hydrogens (primary N) is 1. The van der Waals surface area contributed by atoms with Gasteiger partial charge in [-0.15, -0.1) is 11.3 Å². The van der Waals surface area contributed by atoms with Crippen molar-refractivity contribution < 1.29 is 0 Å². The van der Waals surface area contributed by atoms with Gasteiger partial charge >= 0.3 is 0 Å². The summed E-state index contributed by atoms with van der Waals surface area (Å²) in [5.74, 6) is 0. The normalized spacial score (nSPS) is 10.8. The molecule has 0 spiro atoms. The quantitative estimate of drug-likeness (QED) is 0.712. The van der Waals surface area contributed by atoms with Gasteiger partial charge in [-0.1, -0.05) is 34.8 Å². The topological polar surface area (TPSA) is 26.0 Å². The summed E-state index contributed by atoms with van der Waals surface area (Å²) >= 11 is 19.4. The summed E-state index contributed by atoms with van der Waals surface area (Å²) in [4.78, 5) is 0. The van der Waals surface area contributed by atoms with Crippen LogP contribution in [0.4, 0.5) is 5.69 Å². The van der Waals surface area contributed by atoms with E-state index in [9.17, 15) is 0 Å². The molecule has 2 rings (SSSR count). The first kappa shape index (κ1) is 12.1. The third-order valence-electron chi connectivity index (χ3n) is 2.29. The van der Waals surface area contributed by atoms with Gasteiger partial charge in [-0.2, -0.15) is 0 Å². The van der Waals surface area contributed by atoms with Crippen LogP contribution in [0.1, 0.15) is 5.56 Å². The van der Waals surface area contributed by atoms with Gasteiger partial charge in [-0.3, -0.25) is 0 Å².